The van der Waals surface area contributed by atoms with Gasteiger partial charge in [0.1, 0.15) is 30.7 Å². The maximum Gasteiger partial charge on any atom is 0.139 e. The Hall–Kier alpha value is -3.78. The number of ether oxygens (including phenoxy) is 2. The van der Waals surface area contributed by atoms with Crippen LogP contribution in [-0.4, -0.2) is 23.1 Å². The van der Waals surface area contributed by atoms with Crippen LogP contribution in [0.2, 0.25) is 0 Å². The minimum absolute atomic E-state index is 0.269. The summed E-state index contributed by atoms with van der Waals surface area (Å²) in [5.74, 6) is 1.47. The molecular formula is C34H31FN2O3S. The highest BCUT2D eigenvalue weighted by molar-refractivity contribution is 7.94. The number of fused-ring (bicyclic) bond motifs is 6. The van der Waals surface area contributed by atoms with Gasteiger partial charge in [0, 0.05) is 42.3 Å². The van der Waals surface area contributed by atoms with Gasteiger partial charge in [0.05, 0.1) is 17.5 Å². The molecule has 41 heavy (non-hydrogen) atoms. The summed E-state index contributed by atoms with van der Waals surface area (Å²) in [6.07, 6.45) is 1.90. The highest BCUT2D eigenvalue weighted by Crippen LogP contribution is 2.43. The third-order valence-corrected chi connectivity index (χ3v) is 8.98. The molecule has 0 radical (unpaired) electrons. The van der Waals surface area contributed by atoms with Gasteiger partial charge < -0.3 is 14.0 Å². The average molecular weight is 567 g/mol. The third-order valence-electron chi connectivity index (χ3n) is 8.25. The van der Waals surface area contributed by atoms with Crippen LogP contribution in [0.1, 0.15) is 34.0 Å². The van der Waals surface area contributed by atoms with E-state index in [4.69, 9.17) is 13.7 Å². The minimum Gasteiger partial charge on any atom is -0.497 e. The molecule has 2 aliphatic rings. The van der Waals surface area contributed by atoms with E-state index in [9.17, 15) is 4.39 Å². The Morgan fingerprint density at radius 3 is 2.61 bits per heavy atom. The Balaban J connectivity index is 1.19. The maximum absolute atomic E-state index is 14.2. The van der Waals surface area contributed by atoms with Crippen LogP contribution in [0.5, 0.6) is 11.5 Å². The van der Waals surface area contributed by atoms with Gasteiger partial charge in [0.2, 0.25) is 0 Å². The number of aromatic nitrogens is 1. The number of hydrogen-bond acceptors (Lipinski definition) is 5. The topological polar surface area (TPSA) is 35.9 Å². The molecule has 0 fully saturated rings. The normalized spacial score (nSPS) is 16.2. The number of methoxy groups -OCH3 is 1. The molecule has 0 saturated heterocycles. The largest absolute Gasteiger partial charge is 0.497 e. The summed E-state index contributed by atoms with van der Waals surface area (Å²) in [6, 6.07) is 30.1. The van der Waals surface area contributed by atoms with Crippen LogP contribution >= 0.6 is 12.0 Å². The van der Waals surface area contributed by atoms with Crippen molar-refractivity contribution >= 4 is 22.9 Å². The summed E-state index contributed by atoms with van der Waals surface area (Å²) in [5.41, 5.74) is 7.58. The quantitative estimate of drug-likeness (QED) is 0.180. The second kappa shape index (κ2) is 11.2. The molecule has 208 valence electrons. The van der Waals surface area contributed by atoms with Gasteiger partial charge in [-0.2, -0.15) is 0 Å². The first-order chi connectivity index (χ1) is 20.2. The fourth-order valence-electron chi connectivity index (χ4n) is 6.17. The Morgan fingerprint density at radius 2 is 1.76 bits per heavy atom. The second-order valence-electron chi connectivity index (χ2n) is 10.6. The van der Waals surface area contributed by atoms with Crippen LogP contribution in [0.3, 0.4) is 0 Å². The summed E-state index contributed by atoms with van der Waals surface area (Å²) >= 11 is 1.08. The van der Waals surface area contributed by atoms with Crippen LogP contribution in [0, 0.1) is 5.82 Å². The Kier molecular flexibility index (Phi) is 7.17. The molecule has 5 nitrogen and oxygen atoms in total. The summed E-state index contributed by atoms with van der Waals surface area (Å²) < 4.78 is 34.3. The van der Waals surface area contributed by atoms with Gasteiger partial charge in [-0.05, 0) is 77.6 Å². The van der Waals surface area contributed by atoms with E-state index in [-0.39, 0.29) is 11.9 Å². The van der Waals surface area contributed by atoms with Crippen molar-refractivity contribution in [1.29, 1.82) is 0 Å². The molecule has 0 aliphatic carbocycles. The molecule has 2 aliphatic heterocycles. The predicted molar refractivity (Wildman–Crippen MR) is 160 cm³/mol. The van der Waals surface area contributed by atoms with Crippen LogP contribution in [0.4, 0.5) is 4.39 Å². The SMILES string of the molecule is COc1ccc2c(c1)c1c(n2COSc2ccccc2F)CN2CCc3ccc(OCc4ccccc4)cc3C2C1. The van der Waals surface area contributed by atoms with Gasteiger partial charge in [-0.15, -0.1) is 0 Å². The molecule has 0 saturated carbocycles. The Bertz CT molecular complexity index is 1700. The molecule has 5 aromatic rings. The molecule has 7 heteroatoms. The molecular weight excluding hydrogens is 535 g/mol. The molecule has 3 heterocycles. The molecule has 1 unspecified atom stereocenters. The lowest BCUT2D eigenvalue weighted by atomic mass is 9.85. The molecule has 4 aromatic carbocycles. The lowest BCUT2D eigenvalue weighted by Crippen LogP contribution is -2.39. The molecule has 0 bridgehead atoms. The number of benzene rings is 4. The maximum atomic E-state index is 14.2. The van der Waals surface area contributed by atoms with E-state index < -0.39 is 0 Å². The van der Waals surface area contributed by atoms with Crippen molar-refractivity contribution in [2.45, 2.75) is 43.7 Å². The van der Waals surface area contributed by atoms with Gasteiger partial charge in [-0.25, -0.2) is 4.39 Å². The van der Waals surface area contributed by atoms with Crippen LogP contribution < -0.4 is 9.47 Å². The first kappa shape index (κ1) is 26.1. The van der Waals surface area contributed by atoms with Crippen molar-refractivity contribution in [3.05, 3.63) is 125 Å². The fourth-order valence-corrected chi connectivity index (χ4v) is 6.73. The lowest BCUT2D eigenvalue weighted by Gasteiger charge is -2.41. The summed E-state index contributed by atoms with van der Waals surface area (Å²) in [7, 11) is 1.70. The van der Waals surface area contributed by atoms with Crippen LogP contribution in [-0.2, 0) is 36.9 Å². The van der Waals surface area contributed by atoms with Crippen molar-refractivity contribution < 1.29 is 18.0 Å². The zero-order valence-electron chi connectivity index (χ0n) is 22.9. The Morgan fingerprint density at radius 1 is 0.927 bits per heavy atom. The predicted octanol–water partition coefficient (Wildman–Crippen LogP) is 7.70. The summed E-state index contributed by atoms with van der Waals surface area (Å²) in [5, 5.41) is 1.18. The first-order valence-corrected chi connectivity index (χ1v) is 14.7. The van der Waals surface area contributed by atoms with Crippen LogP contribution in [0.25, 0.3) is 10.9 Å². The monoisotopic (exact) mass is 566 g/mol. The van der Waals surface area contributed by atoms with Crippen molar-refractivity contribution in [2.24, 2.45) is 0 Å². The molecule has 1 atom stereocenters. The zero-order valence-corrected chi connectivity index (χ0v) is 23.7. The Labute approximate surface area is 243 Å². The summed E-state index contributed by atoms with van der Waals surface area (Å²) in [6.45, 7) is 2.69. The van der Waals surface area contributed by atoms with Crippen molar-refractivity contribution in [2.75, 3.05) is 13.7 Å². The lowest BCUT2D eigenvalue weighted by molar-refractivity contribution is 0.151. The van der Waals surface area contributed by atoms with E-state index in [1.54, 1.807) is 19.2 Å². The van der Waals surface area contributed by atoms with Gasteiger partial charge in [-0.3, -0.25) is 9.08 Å². The van der Waals surface area contributed by atoms with Crippen molar-refractivity contribution in [3.63, 3.8) is 0 Å². The van der Waals surface area contributed by atoms with E-state index in [1.165, 1.54) is 33.8 Å². The highest BCUT2D eigenvalue weighted by atomic mass is 32.2. The highest BCUT2D eigenvalue weighted by Gasteiger charge is 2.35. The number of rotatable bonds is 8. The fraction of sp³-hybridized carbons (Fsp3) is 0.235. The molecule has 0 N–H and O–H groups in total. The van der Waals surface area contributed by atoms with Crippen molar-refractivity contribution in [3.8, 4) is 11.5 Å². The second-order valence-corrected chi connectivity index (χ2v) is 11.4. The molecule has 7 rings (SSSR count). The van der Waals surface area contributed by atoms with E-state index in [2.05, 4.69) is 51.9 Å². The molecule has 1 aromatic heterocycles. The molecule has 0 amide bonds. The summed E-state index contributed by atoms with van der Waals surface area (Å²) in [4.78, 5) is 3.06. The van der Waals surface area contributed by atoms with E-state index in [0.717, 1.165) is 60.6 Å². The number of halogens is 1. The number of nitrogens with zero attached hydrogens (tertiary/aromatic N) is 2. The van der Waals surface area contributed by atoms with Gasteiger partial charge >= 0.3 is 0 Å². The van der Waals surface area contributed by atoms with Gasteiger partial charge in [-0.1, -0.05) is 48.5 Å². The van der Waals surface area contributed by atoms with Crippen molar-refractivity contribution in [1.82, 2.24) is 9.47 Å². The van der Waals surface area contributed by atoms with E-state index in [1.807, 2.05) is 30.3 Å². The minimum atomic E-state index is -0.274. The van der Waals surface area contributed by atoms with Crippen LogP contribution in [0.15, 0.2) is 95.9 Å². The van der Waals surface area contributed by atoms with Gasteiger partial charge in [0.25, 0.3) is 0 Å². The standard InChI is InChI=1S/C34H31FN2O3S/c1-38-25-13-14-31-28(17-25)29-19-32-27-18-26(39-21-23-7-3-2-4-8-23)12-11-24(27)15-16-36(32)20-33(29)37(31)22-40-41-34-10-6-5-9-30(34)35/h2-14,17-18,32H,15-16,19-22H2,1H3. The zero-order chi connectivity index (χ0) is 27.8. The third kappa shape index (κ3) is 5.10. The van der Waals surface area contributed by atoms with E-state index in [0.29, 0.717) is 18.2 Å². The molecule has 0 spiro atoms. The average Bonchev–Trinajstić information content (AvgIpc) is 3.32. The smallest absolute Gasteiger partial charge is 0.139 e. The first-order valence-electron chi connectivity index (χ1n) is 13.9. The van der Waals surface area contributed by atoms with Gasteiger partial charge in [0.15, 0.2) is 0 Å². The number of hydrogen-bond donors (Lipinski definition) is 0. The van der Waals surface area contributed by atoms with E-state index >= 15 is 0 Å².